The lowest BCUT2D eigenvalue weighted by Gasteiger charge is -2.08. The van der Waals surface area contributed by atoms with Crippen LogP contribution in [0.2, 0.25) is 0 Å². The second-order valence-corrected chi connectivity index (χ2v) is 4.62. The number of carbonyl (C=O) groups is 1. The van der Waals surface area contributed by atoms with Gasteiger partial charge in [0.25, 0.3) is 0 Å². The number of nitrogens with one attached hydrogen (secondary N) is 1. The first-order valence-electron chi connectivity index (χ1n) is 6.55. The summed E-state index contributed by atoms with van der Waals surface area (Å²) in [5.74, 6) is 0.535. The minimum Gasteiger partial charge on any atom is -0.364 e. The highest BCUT2D eigenvalue weighted by Crippen LogP contribution is 2.11. The van der Waals surface area contributed by atoms with Crippen molar-refractivity contribution in [1.29, 1.82) is 0 Å². The highest BCUT2D eigenvalue weighted by atomic mass is 16.5. The van der Waals surface area contributed by atoms with Gasteiger partial charge in [0.1, 0.15) is 12.1 Å². The number of aromatic nitrogens is 3. The molecule has 2 heterocycles. The SMILES string of the molecule is O=C(Cc1cnoc1)Nc1ccnn1Cc1ccccc1. The van der Waals surface area contributed by atoms with Crippen molar-refractivity contribution in [3.8, 4) is 0 Å². The Morgan fingerprint density at radius 3 is 2.81 bits per heavy atom. The fourth-order valence-electron chi connectivity index (χ4n) is 2.01. The third-order valence-electron chi connectivity index (χ3n) is 3.01. The second-order valence-electron chi connectivity index (χ2n) is 4.62. The zero-order valence-corrected chi connectivity index (χ0v) is 11.3. The maximum atomic E-state index is 12.0. The molecule has 0 atom stereocenters. The van der Waals surface area contributed by atoms with Gasteiger partial charge in [-0.1, -0.05) is 35.5 Å². The minimum absolute atomic E-state index is 0.131. The minimum atomic E-state index is -0.131. The van der Waals surface area contributed by atoms with Gasteiger partial charge >= 0.3 is 0 Å². The van der Waals surface area contributed by atoms with Gasteiger partial charge in [0.05, 0.1) is 25.4 Å². The van der Waals surface area contributed by atoms with Crippen LogP contribution in [0.3, 0.4) is 0 Å². The Kier molecular flexibility index (Phi) is 3.77. The van der Waals surface area contributed by atoms with Gasteiger partial charge in [-0.15, -0.1) is 0 Å². The monoisotopic (exact) mass is 282 g/mol. The summed E-state index contributed by atoms with van der Waals surface area (Å²) >= 11 is 0. The summed E-state index contributed by atoms with van der Waals surface area (Å²) in [6, 6.07) is 11.7. The molecule has 3 aromatic rings. The third kappa shape index (κ3) is 3.36. The van der Waals surface area contributed by atoms with E-state index in [1.807, 2.05) is 30.3 Å². The van der Waals surface area contributed by atoms with E-state index in [2.05, 4.69) is 15.6 Å². The van der Waals surface area contributed by atoms with Crippen LogP contribution in [0.4, 0.5) is 5.82 Å². The van der Waals surface area contributed by atoms with Crippen LogP contribution in [0.25, 0.3) is 0 Å². The lowest BCUT2D eigenvalue weighted by Crippen LogP contribution is -2.17. The summed E-state index contributed by atoms with van der Waals surface area (Å²) in [6.45, 7) is 0.608. The first-order chi connectivity index (χ1) is 10.3. The molecule has 3 rings (SSSR count). The lowest BCUT2D eigenvalue weighted by atomic mass is 10.2. The molecule has 21 heavy (non-hydrogen) atoms. The van der Waals surface area contributed by atoms with Gasteiger partial charge in [-0.3, -0.25) is 4.79 Å². The number of carbonyl (C=O) groups excluding carboxylic acids is 1. The maximum Gasteiger partial charge on any atom is 0.230 e. The zero-order valence-electron chi connectivity index (χ0n) is 11.3. The predicted molar refractivity (Wildman–Crippen MR) is 76.6 cm³/mol. The number of hydrogen-bond acceptors (Lipinski definition) is 4. The van der Waals surface area contributed by atoms with Gasteiger partial charge in [0, 0.05) is 11.6 Å². The summed E-state index contributed by atoms with van der Waals surface area (Å²) in [6.07, 6.45) is 4.87. The Morgan fingerprint density at radius 2 is 2.05 bits per heavy atom. The molecule has 6 heteroatoms. The average Bonchev–Trinajstić information content (AvgIpc) is 3.13. The van der Waals surface area contributed by atoms with Crippen LogP contribution in [0.5, 0.6) is 0 Å². The molecule has 0 aliphatic carbocycles. The Labute approximate surface area is 121 Å². The van der Waals surface area contributed by atoms with Crippen molar-refractivity contribution in [3.05, 3.63) is 66.2 Å². The Bertz CT molecular complexity index is 704. The van der Waals surface area contributed by atoms with Crippen molar-refractivity contribution in [2.24, 2.45) is 0 Å². The second kappa shape index (κ2) is 6.04. The van der Waals surface area contributed by atoms with E-state index in [9.17, 15) is 4.79 Å². The number of amides is 1. The van der Waals surface area contributed by atoms with Crippen LogP contribution in [-0.4, -0.2) is 20.8 Å². The normalized spacial score (nSPS) is 10.5. The Morgan fingerprint density at radius 1 is 1.19 bits per heavy atom. The molecule has 6 nitrogen and oxygen atoms in total. The molecular weight excluding hydrogens is 268 g/mol. The molecule has 0 aliphatic heterocycles. The maximum absolute atomic E-state index is 12.0. The van der Waals surface area contributed by atoms with Crippen molar-refractivity contribution >= 4 is 11.7 Å². The predicted octanol–water partition coefficient (Wildman–Crippen LogP) is 2.10. The molecule has 0 aliphatic rings. The molecule has 106 valence electrons. The summed E-state index contributed by atoms with van der Waals surface area (Å²) in [4.78, 5) is 12.0. The first kappa shape index (κ1) is 13.1. The highest BCUT2D eigenvalue weighted by Gasteiger charge is 2.09. The van der Waals surface area contributed by atoms with E-state index in [0.29, 0.717) is 12.4 Å². The number of nitrogens with zero attached hydrogens (tertiary/aromatic N) is 3. The molecule has 0 bridgehead atoms. The van der Waals surface area contributed by atoms with Crippen molar-refractivity contribution in [2.45, 2.75) is 13.0 Å². The molecule has 0 saturated carbocycles. The first-order valence-corrected chi connectivity index (χ1v) is 6.55. The molecule has 0 radical (unpaired) electrons. The molecule has 1 amide bonds. The summed E-state index contributed by atoms with van der Waals surface area (Å²) in [5, 5.41) is 10.6. The third-order valence-corrected chi connectivity index (χ3v) is 3.01. The Hall–Kier alpha value is -2.89. The largest absolute Gasteiger partial charge is 0.364 e. The number of hydrogen-bond donors (Lipinski definition) is 1. The van der Waals surface area contributed by atoms with Gasteiger partial charge in [0.2, 0.25) is 5.91 Å². The van der Waals surface area contributed by atoms with Crippen molar-refractivity contribution in [2.75, 3.05) is 5.32 Å². The standard InChI is InChI=1S/C15H14N4O2/c20-15(8-13-9-17-21-11-13)18-14-6-7-16-19(14)10-12-4-2-1-3-5-12/h1-7,9,11H,8,10H2,(H,18,20). The van der Waals surface area contributed by atoms with Crippen LogP contribution in [0, 0.1) is 0 Å². The van der Waals surface area contributed by atoms with E-state index in [0.717, 1.165) is 11.1 Å². The van der Waals surface area contributed by atoms with E-state index in [4.69, 9.17) is 4.52 Å². The molecule has 2 aromatic heterocycles. The van der Waals surface area contributed by atoms with Crippen LogP contribution in [0.1, 0.15) is 11.1 Å². The smallest absolute Gasteiger partial charge is 0.230 e. The topological polar surface area (TPSA) is 73.0 Å². The summed E-state index contributed by atoms with van der Waals surface area (Å²) in [7, 11) is 0. The average molecular weight is 282 g/mol. The van der Waals surface area contributed by atoms with E-state index in [1.54, 1.807) is 16.9 Å². The molecule has 0 saturated heterocycles. The fourth-order valence-corrected chi connectivity index (χ4v) is 2.01. The van der Waals surface area contributed by atoms with E-state index >= 15 is 0 Å². The molecule has 0 spiro atoms. The molecule has 0 unspecified atom stereocenters. The summed E-state index contributed by atoms with van der Waals surface area (Å²) in [5.41, 5.74) is 1.86. The Balaban J connectivity index is 1.66. The van der Waals surface area contributed by atoms with E-state index in [1.165, 1.54) is 12.5 Å². The van der Waals surface area contributed by atoms with Crippen molar-refractivity contribution in [3.63, 3.8) is 0 Å². The van der Waals surface area contributed by atoms with E-state index < -0.39 is 0 Å². The van der Waals surface area contributed by atoms with Gasteiger partial charge in [-0.2, -0.15) is 5.10 Å². The van der Waals surface area contributed by atoms with E-state index in [-0.39, 0.29) is 12.3 Å². The number of anilines is 1. The quantitative estimate of drug-likeness (QED) is 0.777. The zero-order chi connectivity index (χ0) is 14.5. The lowest BCUT2D eigenvalue weighted by molar-refractivity contribution is -0.115. The number of rotatable bonds is 5. The van der Waals surface area contributed by atoms with Crippen LogP contribution >= 0.6 is 0 Å². The van der Waals surface area contributed by atoms with Gasteiger partial charge in [-0.05, 0) is 5.56 Å². The molecule has 1 aromatic carbocycles. The van der Waals surface area contributed by atoms with Gasteiger partial charge in [-0.25, -0.2) is 4.68 Å². The van der Waals surface area contributed by atoms with Crippen LogP contribution in [-0.2, 0) is 17.8 Å². The molecular formula is C15H14N4O2. The van der Waals surface area contributed by atoms with Gasteiger partial charge in [0.15, 0.2) is 0 Å². The van der Waals surface area contributed by atoms with Crippen LogP contribution < -0.4 is 5.32 Å². The van der Waals surface area contributed by atoms with Crippen molar-refractivity contribution in [1.82, 2.24) is 14.9 Å². The van der Waals surface area contributed by atoms with Gasteiger partial charge < -0.3 is 9.84 Å². The summed E-state index contributed by atoms with van der Waals surface area (Å²) < 4.78 is 6.46. The highest BCUT2D eigenvalue weighted by molar-refractivity contribution is 5.91. The fraction of sp³-hybridized carbons (Fsp3) is 0.133. The van der Waals surface area contributed by atoms with Crippen molar-refractivity contribution < 1.29 is 9.32 Å². The molecule has 0 fully saturated rings. The van der Waals surface area contributed by atoms with Crippen LogP contribution in [0.15, 0.2) is 59.6 Å². The molecule has 1 N–H and O–H groups in total. The number of benzene rings is 1.